The third-order valence-corrected chi connectivity index (χ3v) is 2.75. The minimum Gasteiger partial charge on any atom is -0.244 e. The third kappa shape index (κ3) is 1.28. The molecule has 56 valence electrons. The molecule has 3 heteroatoms. The van der Waals surface area contributed by atoms with Gasteiger partial charge in [-0.2, -0.15) is 0 Å². The summed E-state index contributed by atoms with van der Waals surface area (Å²) >= 11 is 1.78. The van der Waals surface area contributed by atoms with Crippen molar-refractivity contribution in [3.8, 4) is 0 Å². The van der Waals surface area contributed by atoms with Gasteiger partial charge in [0.1, 0.15) is 11.4 Å². The highest BCUT2D eigenvalue weighted by Crippen LogP contribution is 2.28. The van der Waals surface area contributed by atoms with Crippen LogP contribution in [0, 0.1) is 0 Å². The Morgan fingerprint density at radius 2 is 2.45 bits per heavy atom. The maximum absolute atomic E-state index is 4.16. The second-order valence-corrected chi connectivity index (χ2v) is 3.53. The smallest absolute Gasteiger partial charge is 0.116 e. The third-order valence-electron chi connectivity index (χ3n) is 1.54. The number of hydrogen-bond acceptors (Lipinski definition) is 3. The molecular weight excluding hydrogens is 156 g/mol. The maximum atomic E-state index is 4.16. The lowest BCUT2D eigenvalue weighted by Gasteiger charge is -2.10. The number of rotatable bonds is 0. The molecule has 2 rings (SSSR count). The molecule has 0 unspecified atom stereocenters. The van der Waals surface area contributed by atoms with Crippen LogP contribution in [0.25, 0.3) is 6.08 Å². The van der Waals surface area contributed by atoms with Crippen LogP contribution >= 0.6 is 11.8 Å². The van der Waals surface area contributed by atoms with Crippen LogP contribution in [0.5, 0.6) is 0 Å². The van der Waals surface area contributed by atoms with E-state index >= 15 is 0 Å². The van der Waals surface area contributed by atoms with Gasteiger partial charge < -0.3 is 0 Å². The summed E-state index contributed by atoms with van der Waals surface area (Å²) in [5, 5.41) is 1.10. The van der Waals surface area contributed by atoms with Crippen LogP contribution in [0.1, 0.15) is 12.5 Å². The summed E-state index contributed by atoms with van der Waals surface area (Å²) in [5.41, 5.74) is 2.54. The zero-order chi connectivity index (χ0) is 7.68. The quantitative estimate of drug-likeness (QED) is 0.548. The van der Waals surface area contributed by atoms with Gasteiger partial charge in [-0.15, -0.1) is 11.8 Å². The van der Waals surface area contributed by atoms with E-state index in [1.807, 2.05) is 6.20 Å². The average Bonchev–Trinajstić information content (AvgIpc) is 2.04. The van der Waals surface area contributed by atoms with Crippen molar-refractivity contribution in [3.63, 3.8) is 0 Å². The van der Waals surface area contributed by atoms with Crippen molar-refractivity contribution in [2.24, 2.45) is 0 Å². The van der Waals surface area contributed by atoms with Gasteiger partial charge in [0.2, 0.25) is 0 Å². The molecule has 1 aliphatic rings. The van der Waals surface area contributed by atoms with Gasteiger partial charge in [0.05, 0.1) is 0 Å². The zero-order valence-electron chi connectivity index (χ0n) is 6.24. The molecule has 0 bridgehead atoms. The Balaban J connectivity index is 2.51. The molecule has 0 amide bonds. The molecule has 11 heavy (non-hydrogen) atoms. The molecule has 0 aliphatic carbocycles. The number of hydrogen-bond donors (Lipinski definition) is 0. The summed E-state index contributed by atoms with van der Waals surface area (Å²) in [5.74, 6) is 1.06. The van der Waals surface area contributed by atoms with Gasteiger partial charge in [-0.05, 0) is 6.92 Å². The molecule has 2 heterocycles. The molecule has 1 aromatic heterocycles. The lowest BCUT2D eigenvalue weighted by atomic mass is 10.2. The van der Waals surface area contributed by atoms with Crippen molar-refractivity contribution in [1.82, 2.24) is 9.97 Å². The second kappa shape index (κ2) is 2.66. The number of nitrogens with zero attached hydrogens (tertiary/aromatic N) is 2. The van der Waals surface area contributed by atoms with Gasteiger partial charge >= 0.3 is 0 Å². The van der Waals surface area contributed by atoms with E-state index in [9.17, 15) is 0 Å². The van der Waals surface area contributed by atoms with Crippen molar-refractivity contribution in [2.45, 2.75) is 11.9 Å². The minimum atomic E-state index is 1.06. The van der Waals surface area contributed by atoms with Crippen molar-refractivity contribution < 1.29 is 0 Å². The summed E-state index contributed by atoms with van der Waals surface area (Å²) < 4.78 is 0. The SMILES string of the molecule is CC1=Cc2cncnc2SC1. The molecule has 0 radical (unpaired) electrons. The standard InChI is InChI=1S/C8H8N2S/c1-6-2-7-3-9-5-10-8(7)11-4-6/h2-3,5H,4H2,1H3. The predicted octanol–water partition coefficient (Wildman–Crippen LogP) is 1.99. The predicted molar refractivity (Wildman–Crippen MR) is 46.4 cm³/mol. The highest BCUT2D eigenvalue weighted by Gasteiger charge is 2.07. The normalized spacial score (nSPS) is 15.5. The van der Waals surface area contributed by atoms with Gasteiger partial charge in [0, 0.05) is 17.5 Å². The van der Waals surface area contributed by atoms with E-state index in [1.54, 1.807) is 18.1 Å². The minimum absolute atomic E-state index is 1.06. The Morgan fingerprint density at radius 3 is 3.36 bits per heavy atom. The van der Waals surface area contributed by atoms with Gasteiger partial charge in [-0.25, -0.2) is 9.97 Å². The molecule has 1 aliphatic heterocycles. The molecule has 1 aromatic rings. The average molecular weight is 164 g/mol. The molecule has 0 saturated heterocycles. The fourth-order valence-electron chi connectivity index (χ4n) is 1.04. The van der Waals surface area contributed by atoms with E-state index in [-0.39, 0.29) is 0 Å². The maximum Gasteiger partial charge on any atom is 0.116 e. The van der Waals surface area contributed by atoms with E-state index in [0.29, 0.717) is 0 Å². The first-order chi connectivity index (χ1) is 5.36. The van der Waals surface area contributed by atoms with Crippen LogP contribution in [0.2, 0.25) is 0 Å². The number of fused-ring (bicyclic) bond motifs is 1. The van der Waals surface area contributed by atoms with E-state index in [1.165, 1.54) is 5.57 Å². The van der Waals surface area contributed by atoms with Crippen LogP contribution < -0.4 is 0 Å². The van der Waals surface area contributed by atoms with Crippen molar-refractivity contribution >= 4 is 17.8 Å². The van der Waals surface area contributed by atoms with E-state index in [4.69, 9.17) is 0 Å². The van der Waals surface area contributed by atoms with Gasteiger partial charge in [-0.1, -0.05) is 11.6 Å². The summed E-state index contributed by atoms with van der Waals surface area (Å²) in [7, 11) is 0. The first-order valence-corrected chi connectivity index (χ1v) is 4.45. The fraction of sp³-hybridized carbons (Fsp3) is 0.250. The Morgan fingerprint density at radius 1 is 1.55 bits per heavy atom. The summed E-state index contributed by atoms with van der Waals surface area (Å²) in [4.78, 5) is 8.12. The monoisotopic (exact) mass is 164 g/mol. The van der Waals surface area contributed by atoms with E-state index < -0.39 is 0 Å². The van der Waals surface area contributed by atoms with Crippen LogP contribution in [0.15, 0.2) is 23.1 Å². The molecular formula is C8H8N2S. The summed E-state index contributed by atoms with van der Waals surface area (Å²) in [6.45, 7) is 2.13. The van der Waals surface area contributed by atoms with Crippen LogP contribution in [0.3, 0.4) is 0 Å². The Labute approximate surface area is 69.8 Å². The highest BCUT2D eigenvalue weighted by atomic mass is 32.2. The zero-order valence-corrected chi connectivity index (χ0v) is 7.06. The number of thioether (sulfide) groups is 1. The van der Waals surface area contributed by atoms with Crippen LogP contribution in [-0.2, 0) is 0 Å². The lowest BCUT2D eigenvalue weighted by molar-refractivity contribution is 1.03. The number of aromatic nitrogens is 2. The Bertz CT molecular complexity index is 307. The highest BCUT2D eigenvalue weighted by molar-refractivity contribution is 7.99. The fourth-order valence-corrected chi connectivity index (χ4v) is 1.89. The summed E-state index contributed by atoms with van der Waals surface area (Å²) in [6, 6.07) is 0. The second-order valence-electron chi connectivity index (χ2n) is 2.56. The first-order valence-electron chi connectivity index (χ1n) is 3.46. The molecule has 2 nitrogen and oxygen atoms in total. The molecule has 0 atom stereocenters. The molecule has 0 fully saturated rings. The molecule has 0 saturated carbocycles. The summed E-state index contributed by atoms with van der Waals surface area (Å²) in [6.07, 6.45) is 5.60. The van der Waals surface area contributed by atoms with Crippen molar-refractivity contribution in [3.05, 3.63) is 23.7 Å². The van der Waals surface area contributed by atoms with Crippen molar-refractivity contribution in [2.75, 3.05) is 5.75 Å². The first kappa shape index (κ1) is 6.85. The van der Waals surface area contributed by atoms with E-state index in [0.717, 1.165) is 16.3 Å². The Hall–Kier alpha value is -0.830. The molecule has 0 aromatic carbocycles. The van der Waals surface area contributed by atoms with Crippen LogP contribution in [-0.4, -0.2) is 15.7 Å². The van der Waals surface area contributed by atoms with Crippen molar-refractivity contribution in [1.29, 1.82) is 0 Å². The molecule has 0 N–H and O–H groups in total. The Kier molecular flexibility index (Phi) is 1.66. The van der Waals surface area contributed by atoms with Crippen LogP contribution in [0.4, 0.5) is 0 Å². The largest absolute Gasteiger partial charge is 0.244 e. The van der Waals surface area contributed by atoms with E-state index in [2.05, 4.69) is 23.0 Å². The lowest BCUT2D eigenvalue weighted by Crippen LogP contribution is -1.95. The van der Waals surface area contributed by atoms with Gasteiger partial charge in [-0.3, -0.25) is 0 Å². The van der Waals surface area contributed by atoms with Gasteiger partial charge in [0.15, 0.2) is 0 Å². The molecule has 0 spiro atoms. The van der Waals surface area contributed by atoms with Gasteiger partial charge in [0.25, 0.3) is 0 Å². The topological polar surface area (TPSA) is 25.8 Å².